The summed E-state index contributed by atoms with van der Waals surface area (Å²) < 4.78 is 39.0. The van der Waals surface area contributed by atoms with E-state index in [1.54, 1.807) is 0 Å². The van der Waals surface area contributed by atoms with E-state index in [0.29, 0.717) is 6.61 Å². The molecule has 2 aliphatic rings. The molecule has 1 nitrogen and oxygen atoms in total. The van der Waals surface area contributed by atoms with Crippen LogP contribution in [0.25, 0.3) is 0 Å². The molecule has 21 heavy (non-hydrogen) atoms. The average molecular weight is 329 g/mol. The van der Waals surface area contributed by atoms with E-state index in [-0.39, 0.29) is 7.92 Å². The van der Waals surface area contributed by atoms with Gasteiger partial charge in [0.05, 0.1) is 0 Å². The Morgan fingerprint density at radius 1 is 0.762 bits per heavy atom. The molecule has 0 amide bonds. The summed E-state index contributed by atoms with van der Waals surface area (Å²) in [6.45, 7) is 0.443. The molecule has 0 bridgehead atoms. The fraction of sp³-hybridized carbons (Fsp3) is 1.00. The van der Waals surface area contributed by atoms with Crippen LogP contribution in [-0.2, 0) is 0 Å². The number of hydrogen-bond acceptors (Lipinski definition) is 1. The van der Waals surface area contributed by atoms with Crippen molar-refractivity contribution < 1.29 is 22.4 Å². The zero-order valence-electron chi connectivity index (χ0n) is 12.6. The van der Waals surface area contributed by atoms with Crippen LogP contribution in [0.3, 0.4) is 0 Å². The van der Waals surface area contributed by atoms with Crippen molar-refractivity contribution in [3.05, 3.63) is 0 Å². The van der Waals surface area contributed by atoms with Crippen LogP contribution in [0.15, 0.2) is 0 Å². The molecule has 2 aliphatic carbocycles. The maximum absolute atomic E-state index is 9.75. The number of rotatable bonds is 4. The molecule has 0 aromatic carbocycles. The molecule has 0 spiro atoms. The highest BCUT2D eigenvalue weighted by Crippen LogP contribution is 2.55. The van der Waals surface area contributed by atoms with E-state index < -0.39 is 7.25 Å². The van der Waals surface area contributed by atoms with Crippen LogP contribution < -0.4 is 0 Å². The second-order valence-corrected chi connectivity index (χ2v) is 8.98. The summed E-state index contributed by atoms with van der Waals surface area (Å²) in [5, 5.41) is 9.31. The van der Waals surface area contributed by atoms with Crippen LogP contribution in [0.2, 0.25) is 0 Å². The fourth-order valence-corrected chi connectivity index (χ4v) is 7.22. The lowest BCUT2D eigenvalue weighted by molar-refractivity contribution is 0.320. The average Bonchev–Trinajstić information content (AvgIpc) is 2.45. The van der Waals surface area contributed by atoms with Crippen molar-refractivity contribution in [2.75, 3.05) is 12.8 Å². The standard InChI is InChI=1S/C14H27OP.BF4/c15-11-12-16(13-7-3-1-4-8-13)14-9-5-2-6-10-14;2-1(3,4)5/h13-15H,1-12H2;/q;-1. The third kappa shape index (κ3) is 9.02. The van der Waals surface area contributed by atoms with E-state index in [9.17, 15) is 22.4 Å². The third-order valence-corrected chi connectivity index (χ3v) is 8.07. The van der Waals surface area contributed by atoms with E-state index in [0.717, 1.165) is 17.5 Å². The molecule has 0 saturated heterocycles. The van der Waals surface area contributed by atoms with E-state index in [2.05, 4.69) is 0 Å². The first-order chi connectivity index (χ1) is 9.92. The normalized spacial score (nSPS) is 22.0. The lowest BCUT2D eigenvalue weighted by atomic mass is 9.99. The van der Waals surface area contributed by atoms with Gasteiger partial charge in [0.15, 0.2) is 0 Å². The monoisotopic (exact) mass is 329 g/mol. The summed E-state index contributed by atoms with van der Waals surface area (Å²) in [6.07, 6.45) is 15.8. The van der Waals surface area contributed by atoms with Crippen LogP contribution >= 0.6 is 7.92 Å². The quantitative estimate of drug-likeness (QED) is 0.414. The SMILES string of the molecule is F[B-](F)(F)F.OCCP(C1CCCCC1)C1CCCCC1. The van der Waals surface area contributed by atoms with Crippen LogP contribution in [0.5, 0.6) is 0 Å². The Kier molecular flexibility index (Phi) is 9.19. The molecule has 2 rings (SSSR count). The van der Waals surface area contributed by atoms with Gasteiger partial charge in [-0.1, -0.05) is 46.4 Å². The first-order valence-electron chi connectivity index (χ1n) is 8.15. The van der Waals surface area contributed by atoms with Gasteiger partial charge in [0.1, 0.15) is 0 Å². The van der Waals surface area contributed by atoms with Crippen LogP contribution in [-0.4, -0.2) is 36.4 Å². The lowest BCUT2D eigenvalue weighted by Gasteiger charge is -2.38. The Morgan fingerprint density at radius 3 is 1.38 bits per heavy atom. The molecule has 0 aromatic heterocycles. The number of halogens is 4. The molecule has 7 heteroatoms. The van der Waals surface area contributed by atoms with E-state index in [1.165, 1.54) is 64.2 Å². The number of hydrogen-bond donors (Lipinski definition) is 1. The van der Waals surface area contributed by atoms with Gasteiger partial charge in [0.25, 0.3) is 0 Å². The highest BCUT2D eigenvalue weighted by Gasteiger charge is 2.30. The topological polar surface area (TPSA) is 20.2 Å². The van der Waals surface area contributed by atoms with Crippen molar-refractivity contribution in [1.82, 2.24) is 0 Å². The highest BCUT2D eigenvalue weighted by molar-refractivity contribution is 7.59. The van der Waals surface area contributed by atoms with Crippen molar-refractivity contribution in [2.45, 2.75) is 75.5 Å². The first kappa shape index (κ1) is 19.2. The van der Waals surface area contributed by atoms with E-state index in [4.69, 9.17) is 0 Å². The third-order valence-electron chi connectivity index (χ3n) is 4.45. The Morgan fingerprint density at radius 2 is 1.10 bits per heavy atom. The van der Waals surface area contributed by atoms with Gasteiger partial charge in [-0.25, -0.2) is 0 Å². The summed E-state index contributed by atoms with van der Waals surface area (Å²) in [5.74, 6) is 0. The van der Waals surface area contributed by atoms with Gasteiger partial charge in [-0.15, -0.1) is 0 Å². The van der Waals surface area contributed by atoms with Gasteiger partial charge in [-0.3, -0.25) is 0 Å². The molecular weight excluding hydrogens is 302 g/mol. The minimum Gasteiger partial charge on any atom is -0.418 e. The molecule has 0 unspecified atom stereocenters. The predicted molar refractivity (Wildman–Crippen MR) is 82.8 cm³/mol. The Bertz CT molecular complexity index is 242. The molecule has 0 radical (unpaired) electrons. The molecule has 2 saturated carbocycles. The van der Waals surface area contributed by atoms with E-state index >= 15 is 0 Å². The zero-order chi connectivity index (χ0) is 15.7. The summed E-state index contributed by atoms with van der Waals surface area (Å²) in [6, 6.07) is 0. The van der Waals surface area contributed by atoms with Gasteiger partial charge < -0.3 is 22.4 Å². The Hall–Kier alpha value is 0.175. The zero-order valence-corrected chi connectivity index (χ0v) is 13.5. The maximum atomic E-state index is 9.75. The van der Waals surface area contributed by atoms with Crippen molar-refractivity contribution in [3.8, 4) is 0 Å². The van der Waals surface area contributed by atoms with E-state index in [1.807, 2.05) is 0 Å². The second kappa shape index (κ2) is 10.0. The van der Waals surface area contributed by atoms with Crippen molar-refractivity contribution >= 4 is 15.2 Å². The lowest BCUT2D eigenvalue weighted by Crippen LogP contribution is -2.22. The molecule has 0 aromatic rings. The largest absolute Gasteiger partial charge is 0.673 e. The molecule has 126 valence electrons. The number of aliphatic hydroxyl groups excluding tert-OH is 1. The van der Waals surface area contributed by atoms with Crippen molar-refractivity contribution in [3.63, 3.8) is 0 Å². The smallest absolute Gasteiger partial charge is 0.418 e. The first-order valence-corrected chi connectivity index (χ1v) is 9.82. The Labute approximate surface area is 126 Å². The van der Waals surface area contributed by atoms with Gasteiger partial charge in [0, 0.05) is 6.61 Å². The molecule has 0 aliphatic heterocycles. The van der Waals surface area contributed by atoms with Crippen molar-refractivity contribution in [2.24, 2.45) is 0 Å². The van der Waals surface area contributed by atoms with Crippen LogP contribution in [0, 0.1) is 0 Å². The molecule has 2 fully saturated rings. The van der Waals surface area contributed by atoms with Crippen LogP contribution in [0.4, 0.5) is 17.3 Å². The fourth-order valence-electron chi connectivity index (χ4n) is 3.60. The minimum absolute atomic E-state index is 0.153. The maximum Gasteiger partial charge on any atom is 0.673 e. The van der Waals surface area contributed by atoms with Gasteiger partial charge >= 0.3 is 7.25 Å². The molecule has 0 atom stereocenters. The molecular formula is C14H27BF4OP-. The summed E-state index contributed by atoms with van der Waals surface area (Å²) in [4.78, 5) is 0. The molecule has 0 heterocycles. The summed E-state index contributed by atoms with van der Waals surface area (Å²) in [5.41, 5.74) is 2.03. The number of aliphatic hydroxyl groups is 1. The van der Waals surface area contributed by atoms with Gasteiger partial charge in [-0.2, -0.15) is 0 Å². The van der Waals surface area contributed by atoms with Crippen LogP contribution in [0.1, 0.15) is 64.2 Å². The van der Waals surface area contributed by atoms with Gasteiger partial charge in [0.2, 0.25) is 0 Å². The Balaban J connectivity index is 0.000000383. The molecule has 1 N–H and O–H groups in total. The summed E-state index contributed by atoms with van der Waals surface area (Å²) in [7, 11) is -5.85. The highest BCUT2D eigenvalue weighted by atomic mass is 31.1. The van der Waals surface area contributed by atoms with Gasteiger partial charge in [-0.05, 0) is 43.2 Å². The summed E-state index contributed by atoms with van der Waals surface area (Å²) >= 11 is 0. The van der Waals surface area contributed by atoms with Crippen molar-refractivity contribution in [1.29, 1.82) is 0 Å². The predicted octanol–water partition coefficient (Wildman–Crippen LogP) is 5.43. The second-order valence-electron chi connectivity index (χ2n) is 6.04. The minimum atomic E-state index is -6.00.